The molecule has 0 amide bonds. The highest BCUT2D eigenvalue weighted by atomic mass is 32.2. The molecule has 0 bridgehead atoms. The highest BCUT2D eigenvalue weighted by Crippen LogP contribution is 2.18. The van der Waals surface area contributed by atoms with Crippen molar-refractivity contribution >= 4 is 39.0 Å². The Morgan fingerprint density at radius 2 is 2.00 bits per heavy atom. The second-order valence-corrected chi connectivity index (χ2v) is 7.81. The van der Waals surface area contributed by atoms with E-state index in [0.29, 0.717) is 16.4 Å². The summed E-state index contributed by atoms with van der Waals surface area (Å²) in [6.45, 7) is 5.69. The number of aromatic nitrogens is 2. The summed E-state index contributed by atoms with van der Waals surface area (Å²) in [6.07, 6.45) is 3.31. The van der Waals surface area contributed by atoms with E-state index in [9.17, 15) is 9.00 Å². The lowest BCUT2D eigenvalue weighted by molar-refractivity contribution is 0.645. The van der Waals surface area contributed by atoms with Crippen LogP contribution in [0.2, 0.25) is 0 Å². The third-order valence-corrected chi connectivity index (χ3v) is 4.68. The van der Waals surface area contributed by atoms with Gasteiger partial charge in [0.2, 0.25) is 0 Å². The van der Waals surface area contributed by atoms with Gasteiger partial charge >= 0.3 is 0 Å². The van der Waals surface area contributed by atoms with Crippen LogP contribution in [-0.2, 0) is 11.0 Å². The maximum absolute atomic E-state index is 12.0. The maximum atomic E-state index is 12.0. The molecule has 0 radical (unpaired) electrons. The second-order valence-electron chi connectivity index (χ2n) is 5.82. The Balaban J connectivity index is 2.19. The van der Waals surface area contributed by atoms with E-state index in [1.54, 1.807) is 30.6 Å². The smallest absolute Gasteiger partial charge is 0.278 e. The molecule has 2 aromatic heterocycles. The Bertz CT molecular complexity index is 947. The summed E-state index contributed by atoms with van der Waals surface area (Å²) >= 11 is 0. The molecule has 1 atom stereocenters. The number of benzene rings is 1. The molecule has 1 N–H and O–H groups in total. The minimum Gasteiger partial charge on any atom is -0.311 e. The van der Waals surface area contributed by atoms with Crippen LogP contribution in [0.25, 0.3) is 28.0 Å². The molecule has 2 heterocycles. The standard InChI is InChI=1S/C15H15N3O2S/c1-15(2,3)21(20)17-8-9-4-5-10-12-11(18-14(10)19)6-7-16-13(9)12/h4-8,17H,1-3H3. The van der Waals surface area contributed by atoms with Crippen LogP contribution < -0.4 is 15.5 Å². The van der Waals surface area contributed by atoms with Crippen molar-refractivity contribution in [2.24, 2.45) is 0 Å². The summed E-state index contributed by atoms with van der Waals surface area (Å²) < 4.78 is 14.6. The van der Waals surface area contributed by atoms with Crippen LogP contribution in [0.1, 0.15) is 20.8 Å². The second kappa shape index (κ2) is 4.73. The van der Waals surface area contributed by atoms with Crippen LogP contribution in [0.3, 0.4) is 0 Å². The molecular weight excluding hydrogens is 286 g/mol. The van der Waals surface area contributed by atoms with Crippen LogP contribution in [0.15, 0.2) is 29.2 Å². The SMILES string of the molecule is CC(C)(C)S(=O)NC=c1ccc2c(=O)nc3ccnc1c32. The Hall–Kier alpha value is -2.08. The molecule has 1 unspecified atom stereocenters. The highest BCUT2D eigenvalue weighted by molar-refractivity contribution is 7.84. The lowest BCUT2D eigenvalue weighted by Crippen LogP contribution is -2.31. The van der Waals surface area contributed by atoms with Gasteiger partial charge in [0.1, 0.15) is 11.0 Å². The molecule has 0 saturated heterocycles. The molecule has 0 aliphatic rings. The molecular formula is C15H15N3O2S. The largest absolute Gasteiger partial charge is 0.311 e. The van der Waals surface area contributed by atoms with Crippen molar-refractivity contribution in [3.8, 4) is 0 Å². The lowest BCUT2D eigenvalue weighted by Gasteiger charge is -2.16. The summed E-state index contributed by atoms with van der Waals surface area (Å²) in [4.78, 5) is 20.1. The number of nitrogens with one attached hydrogen (secondary N) is 1. The topological polar surface area (TPSA) is 72.0 Å². The zero-order valence-corrected chi connectivity index (χ0v) is 12.8. The van der Waals surface area contributed by atoms with Crippen LogP contribution in [0, 0.1) is 0 Å². The van der Waals surface area contributed by atoms with Gasteiger partial charge in [-0.1, -0.05) is 6.07 Å². The van der Waals surface area contributed by atoms with Crippen molar-refractivity contribution in [3.05, 3.63) is 40.0 Å². The molecule has 3 rings (SSSR count). The van der Waals surface area contributed by atoms with E-state index in [4.69, 9.17) is 0 Å². The number of nitrogens with zero attached hydrogens (tertiary/aromatic N) is 2. The Morgan fingerprint density at radius 3 is 2.71 bits per heavy atom. The number of rotatable bonds is 2. The Kier molecular flexibility index (Phi) is 3.13. The molecule has 5 nitrogen and oxygen atoms in total. The first-order valence-electron chi connectivity index (χ1n) is 6.57. The average Bonchev–Trinajstić information content (AvgIpc) is 2.75. The van der Waals surface area contributed by atoms with E-state index in [-0.39, 0.29) is 10.3 Å². The molecule has 3 aromatic rings. The molecule has 0 aliphatic carbocycles. The molecule has 21 heavy (non-hydrogen) atoms. The van der Waals surface area contributed by atoms with E-state index in [0.717, 1.165) is 10.6 Å². The molecule has 6 heteroatoms. The van der Waals surface area contributed by atoms with Gasteiger partial charge < -0.3 is 4.72 Å². The summed E-state index contributed by atoms with van der Waals surface area (Å²) in [6, 6.07) is 5.25. The lowest BCUT2D eigenvalue weighted by atomic mass is 10.1. The van der Waals surface area contributed by atoms with Gasteiger partial charge in [0.25, 0.3) is 5.56 Å². The molecule has 1 aromatic carbocycles. The van der Waals surface area contributed by atoms with Gasteiger partial charge in [0.15, 0.2) is 0 Å². The van der Waals surface area contributed by atoms with E-state index < -0.39 is 11.0 Å². The zero-order valence-electron chi connectivity index (χ0n) is 12.0. The Labute approximate surface area is 124 Å². The van der Waals surface area contributed by atoms with Gasteiger partial charge in [-0.25, -0.2) is 9.19 Å². The fraction of sp³-hybridized carbons (Fsp3) is 0.267. The fourth-order valence-electron chi connectivity index (χ4n) is 2.12. The van der Waals surface area contributed by atoms with Crippen LogP contribution in [-0.4, -0.2) is 18.9 Å². The first-order valence-corrected chi connectivity index (χ1v) is 7.72. The van der Waals surface area contributed by atoms with E-state index in [1.165, 1.54) is 0 Å². The number of pyridine rings is 1. The quantitative estimate of drug-likeness (QED) is 0.769. The van der Waals surface area contributed by atoms with Crippen molar-refractivity contribution in [1.82, 2.24) is 14.7 Å². The normalized spacial score (nSPS) is 14.9. The summed E-state index contributed by atoms with van der Waals surface area (Å²) in [7, 11) is -1.21. The average molecular weight is 301 g/mol. The van der Waals surface area contributed by atoms with Crippen molar-refractivity contribution in [2.45, 2.75) is 25.5 Å². The summed E-state index contributed by atoms with van der Waals surface area (Å²) in [5.41, 5.74) is 1.10. The van der Waals surface area contributed by atoms with Crippen molar-refractivity contribution in [2.75, 3.05) is 0 Å². The molecule has 0 saturated carbocycles. The third kappa shape index (κ3) is 2.35. The van der Waals surface area contributed by atoms with Crippen molar-refractivity contribution < 1.29 is 4.21 Å². The minimum absolute atomic E-state index is 0.235. The highest BCUT2D eigenvalue weighted by Gasteiger charge is 2.18. The first kappa shape index (κ1) is 13.9. The molecule has 0 spiro atoms. The molecule has 108 valence electrons. The summed E-state index contributed by atoms with van der Waals surface area (Å²) in [5, 5.41) is 2.12. The van der Waals surface area contributed by atoms with Crippen molar-refractivity contribution in [1.29, 1.82) is 0 Å². The van der Waals surface area contributed by atoms with Gasteiger partial charge in [-0.05, 0) is 32.9 Å². The number of hydrogen-bond donors (Lipinski definition) is 1. The maximum Gasteiger partial charge on any atom is 0.278 e. The van der Waals surface area contributed by atoms with E-state index >= 15 is 0 Å². The van der Waals surface area contributed by atoms with Gasteiger partial charge in [0.05, 0.1) is 21.2 Å². The molecule has 0 fully saturated rings. The van der Waals surface area contributed by atoms with E-state index in [1.807, 2.05) is 20.8 Å². The Morgan fingerprint density at radius 1 is 1.24 bits per heavy atom. The van der Waals surface area contributed by atoms with Gasteiger partial charge in [0, 0.05) is 23.0 Å². The summed E-state index contributed by atoms with van der Waals surface area (Å²) in [5.74, 6) is 0. The van der Waals surface area contributed by atoms with E-state index in [2.05, 4.69) is 14.7 Å². The van der Waals surface area contributed by atoms with Crippen LogP contribution in [0.5, 0.6) is 0 Å². The third-order valence-electron chi connectivity index (χ3n) is 3.23. The number of hydrogen-bond acceptors (Lipinski definition) is 4. The minimum atomic E-state index is -1.21. The van der Waals surface area contributed by atoms with Crippen molar-refractivity contribution in [3.63, 3.8) is 0 Å². The molecule has 0 aliphatic heterocycles. The van der Waals surface area contributed by atoms with Crippen LogP contribution >= 0.6 is 0 Å². The predicted octanol–water partition coefficient (Wildman–Crippen LogP) is 1.09. The zero-order chi connectivity index (χ0) is 15.2. The van der Waals surface area contributed by atoms with Crippen LogP contribution in [0.4, 0.5) is 0 Å². The predicted molar refractivity (Wildman–Crippen MR) is 85.2 cm³/mol. The monoisotopic (exact) mass is 301 g/mol. The van der Waals surface area contributed by atoms with Gasteiger partial charge in [-0.15, -0.1) is 0 Å². The van der Waals surface area contributed by atoms with Gasteiger partial charge in [-0.3, -0.25) is 9.78 Å². The van der Waals surface area contributed by atoms with Gasteiger partial charge in [-0.2, -0.15) is 0 Å². The fourth-order valence-corrected chi connectivity index (χ4v) is 2.71. The first-order chi connectivity index (χ1) is 9.88.